The van der Waals surface area contributed by atoms with Gasteiger partial charge in [-0.1, -0.05) is 0 Å². The molecule has 0 radical (unpaired) electrons. The molecule has 4 heteroatoms. The zero-order chi connectivity index (χ0) is 12.5. The summed E-state index contributed by atoms with van der Waals surface area (Å²) in [5, 5.41) is 12.1. The molecule has 0 aliphatic carbocycles. The van der Waals surface area contributed by atoms with Crippen molar-refractivity contribution >= 4 is 0 Å². The molecule has 1 heterocycles. The Balaban J connectivity index is 2.21. The maximum atomic E-state index is 8.65. The molecule has 1 saturated heterocycles. The summed E-state index contributed by atoms with van der Waals surface area (Å²) < 4.78 is 5.35. The molecule has 1 unspecified atom stereocenters. The third kappa shape index (κ3) is 6.36. The summed E-state index contributed by atoms with van der Waals surface area (Å²) in [4.78, 5) is 2.48. The molecule has 0 amide bonds. The topological polar surface area (TPSA) is 44.7 Å². The van der Waals surface area contributed by atoms with Crippen molar-refractivity contribution in [3.63, 3.8) is 0 Å². The summed E-state index contributed by atoms with van der Waals surface area (Å²) in [6, 6.07) is 0.564. The minimum Gasteiger partial charge on any atom is -0.394 e. The zero-order valence-corrected chi connectivity index (χ0v) is 11.3. The first-order valence-corrected chi connectivity index (χ1v) is 6.87. The highest BCUT2D eigenvalue weighted by Crippen LogP contribution is 2.13. The molecule has 1 aliphatic heterocycles. The van der Waals surface area contributed by atoms with Crippen molar-refractivity contribution < 1.29 is 9.84 Å². The summed E-state index contributed by atoms with van der Waals surface area (Å²) >= 11 is 0. The quantitative estimate of drug-likeness (QED) is 0.617. The highest BCUT2D eigenvalue weighted by atomic mass is 16.5. The molecule has 1 fully saturated rings. The molecule has 102 valence electrons. The molecular formula is C13H28N2O2. The monoisotopic (exact) mass is 244 g/mol. The van der Waals surface area contributed by atoms with Crippen LogP contribution in [0.2, 0.25) is 0 Å². The first-order chi connectivity index (χ1) is 8.24. The molecular weight excluding hydrogens is 216 g/mol. The van der Waals surface area contributed by atoms with Crippen LogP contribution in [0.1, 0.15) is 26.7 Å². The van der Waals surface area contributed by atoms with Gasteiger partial charge >= 0.3 is 0 Å². The highest BCUT2D eigenvalue weighted by molar-refractivity contribution is 4.74. The molecule has 17 heavy (non-hydrogen) atoms. The Bertz CT molecular complexity index is 182. The van der Waals surface area contributed by atoms with Gasteiger partial charge in [-0.3, -0.25) is 4.90 Å². The number of rotatable bonds is 8. The van der Waals surface area contributed by atoms with Crippen LogP contribution in [-0.4, -0.2) is 62.0 Å². The van der Waals surface area contributed by atoms with E-state index >= 15 is 0 Å². The number of piperidine rings is 1. The second-order valence-electron chi connectivity index (χ2n) is 5.14. The highest BCUT2D eigenvalue weighted by Gasteiger charge is 2.18. The van der Waals surface area contributed by atoms with Crippen LogP contribution in [0, 0.1) is 5.92 Å². The molecule has 2 N–H and O–H groups in total. The number of hydrogen-bond donors (Lipinski definition) is 2. The number of aliphatic hydroxyl groups excluding tert-OH is 1. The van der Waals surface area contributed by atoms with Crippen molar-refractivity contribution in [3.05, 3.63) is 0 Å². The summed E-state index contributed by atoms with van der Waals surface area (Å²) in [5.41, 5.74) is 0. The second kappa shape index (κ2) is 8.86. The van der Waals surface area contributed by atoms with Crippen molar-refractivity contribution in [2.75, 3.05) is 46.0 Å². The number of hydrogen-bond acceptors (Lipinski definition) is 4. The van der Waals surface area contributed by atoms with Crippen molar-refractivity contribution in [3.8, 4) is 0 Å². The van der Waals surface area contributed by atoms with Crippen LogP contribution in [0.25, 0.3) is 0 Å². The molecule has 0 aromatic rings. The molecule has 0 aromatic carbocycles. The van der Waals surface area contributed by atoms with E-state index in [4.69, 9.17) is 9.84 Å². The Labute approximate surface area is 105 Å². The lowest BCUT2D eigenvalue weighted by molar-refractivity contribution is 0.0605. The van der Waals surface area contributed by atoms with Crippen LogP contribution in [0.5, 0.6) is 0 Å². The summed E-state index contributed by atoms with van der Waals surface area (Å²) in [6.07, 6.45) is 2.64. The van der Waals surface area contributed by atoms with E-state index in [1.165, 1.54) is 19.4 Å². The Morgan fingerprint density at radius 2 is 2.24 bits per heavy atom. The average Bonchev–Trinajstić information content (AvgIpc) is 2.34. The van der Waals surface area contributed by atoms with E-state index in [1.807, 2.05) is 0 Å². The van der Waals surface area contributed by atoms with Gasteiger partial charge in [-0.25, -0.2) is 0 Å². The van der Waals surface area contributed by atoms with E-state index < -0.39 is 0 Å². The first-order valence-electron chi connectivity index (χ1n) is 6.87. The van der Waals surface area contributed by atoms with Gasteiger partial charge < -0.3 is 15.2 Å². The van der Waals surface area contributed by atoms with E-state index in [1.54, 1.807) is 0 Å². The van der Waals surface area contributed by atoms with Crippen molar-refractivity contribution in [2.45, 2.75) is 32.7 Å². The van der Waals surface area contributed by atoms with Crippen LogP contribution < -0.4 is 5.32 Å². The molecule has 0 bridgehead atoms. The van der Waals surface area contributed by atoms with Crippen LogP contribution >= 0.6 is 0 Å². The van der Waals surface area contributed by atoms with Gasteiger partial charge in [0, 0.05) is 19.1 Å². The molecule has 1 aliphatic rings. The maximum Gasteiger partial charge on any atom is 0.0698 e. The predicted octanol–water partition coefficient (Wildman–Crippen LogP) is 0.705. The van der Waals surface area contributed by atoms with Gasteiger partial charge in [0.25, 0.3) is 0 Å². The normalized spacial score (nSPS) is 21.4. The van der Waals surface area contributed by atoms with Crippen LogP contribution in [0.4, 0.5) is 0 Å². The molecule has 1 rings (SSSR count). The van der Waals surface area contributed by atoms with Gasteiger partial charge in [0.15, 0.2) is 0 Å². The fourth-order valence-electron chi connectivity index (χ4n) is 2.32. The summed E-state index contributed by atoms with van der Waals surface area (Å²) in [5.74, 6) is 0.781. The lowest BCUT2D eigenvalue weighted by atomic mass is 9.98. The first kappa shape index (κ1) is 14.9. The Morgan fingerprint density at radius 3 is 2.82 bits per heavy atom. The summed E-state index contributed by atoms with van der Waals surface area (Å²) in [6.45, 7) is 10.2. The van der Waals surface area contributed by atoms with Crippen molar-refractivity contribution in [1.82, 2.24) is 10.2 Å². The van der Waals surface area contributed by atoms with E-state index in [0.29, 0.717) is 12.6 Å². The minimum atomic E-state index is 0.119. The Hall–Kier alpha value is -0.160. The lowest BCUT2D eigenvalue weighted by Crippen LogP contribution is -2.42. The fourth-order valence-corrected chi connectivity index (χ4v) is 2.32. The van der Waals surface area contributed by atoms with Crippen LogP contribution in [0.15, 0.2) is 0 Å². The minimum absolute atomic E-state index is 0.119. The number of nitrogens with one attached hydrogen (secondary N) is 1. The van der Waals surface area contributed by atoms with Crippen molar-refractivity contribution in [2.24, 2.45) is 5.92 Å². The lowest BCUT2D eigenvalue weighted by Gasteiger charge is -2.32. The second-order valence-corrected chi connectivity index (χ2v) is 5.14. The maximum absolute atomic E-state index is 8.65. The van der Waals surface area contributed by atoms with Crippen LogP contribution in [0.3, 0.4) is 0 Å². The predicted molar refractivity (Wildman–Crippen MR) is 70.2 cm³/mol. The third-order valence-corrected chi connectivity index (χ3v) is 3.38. The number of aliphatic hydroxyl groups is 1. The van der Waals surface area contributed by atoms with Crippen molar-refractivity contribution in [1.29, 1.82) is 0 Å². The van der Waals surface area contributed by atoms with Gasteiger partial charge in [-0.15, -0.1) is 0 Å². The molecule has 0 aromatic heterocycles. The summed E-state index contributed by atoms with van der Waals surface area (Å²) in [7, 11) is 0. The largest absolute Gasteiger partial charge is 0.394 e. The van der Waals surface area contributed by atoms with Crippen LogP contribution in [-0.2, 0) is 4.74 Å². The molecule has 0 spiro atoms. The van der Waals surface area contributed by atoms with Gasteiger partial charge in [-0.05, 0) is 45.7 Å². The molecule has 0 saturated carbocycles. The van der Waals surface area contributed by atoms with Gasteiger partial charge in [-0.2, -0.15) is 0 Å². The van der Waals surface area contributed by atoms with Gasteiger partial charge in [0.2, 0.25) is 0 Å². The number of nitrogens with zero attached hydrogens (tertiary/aromatic N) is 1. The van der Waals surface area contributed by atoms with Gasteiger partial charge in [0.1, 0.15) is 0 Å². The van der Waals surface area contributed by atoms with E-state index in [2.05, 4.69) is 24.1 Å². The molecule has 4 nitrogen and oxygen atoms in total. The average molecular weight is 244 g/mol. The SMILES string of the molecule is CC(C)N(CCOCCO)CC1CCCNC1. The molecule has 1 atom stereocenters. The van der Waals surface area contributed by atoms with E-state index in [0.717, 1.165) is 32.2 Å². The van der Waals surface area contributed by atoms with Gasteiger partial charge in [0.05, 0.1) is 19.8 Å². The zero-order valence-electron chi connectivity index (χ0n) is 11.3. The fraction of sp³-hybridized carbons (Fsp3) is 1.00. The third-order valence-electron chi connectivity index (χ3n) is 3.38. The smallest absolute Gasteiger partial charge is 0.0698 e. The number of ether oxygens (including phenoxy) is 1. The Kier molecular flexibility index (Phi) is 7.77. The Morgan fingerprint density at radius 1 is 1.41 bits per heavy atom. The standard InChI is InChI=1S/C13H28N2O2/c1-12(2)15(6-8-17-9-7-16)11-13-4-3-5-14-10-13/h12-14,16H,3-11H2,1-2H3. The van der Waals surface area contributed by atoms with E-state index in [-0.39, 0.29) is 6.61 Å². The van der Waals surface area contributed by atoms with E-state index in [9.17, 15) is 0 Å².